The topological polar surface area (TPSA) is 60.2 Å². The van der Waals surface area contributed by atoms with E-state index in [0.29, 0.717) is 12.3 Å². The van der Waals surface area contributed by atoms with Crippen molar-refractivity contribution in [2.75, 3.05) is 0 Å². The van der Waals surface area contributed by atoms with Crippen molar-refractivity contribution < 1.29 is 9.72 Å². The van der Waals surface area contributed by atoms with Crippen LogP contribution < -0.4 is 0 Å². The van der Waals surface area contributed by atoms with Crippen molar-refractivity contribution in [2.45, 2.75) is 45.4 Å². The van der Waals surface area contributed by atoms with Crippen LogP contribution in [-0.4, -0.2) is 10.7 Å². The lowest BCUT2D eigenvalue weighted by molar-refractivity contribution is -0.428. The van der Waals surface area contributed by atoms with Gasteiger partial charge in [-0.1, -0.05) is 19.8 Å². The molecule has 0 heterocycles. The Kier molecular flexibility index (Phi) is 4.65. The number of nitro groups is 1. The summed E-state index contributed by atoms with van der Waals surface area (Å²) in [6, 6.07) is 0. The van der Waals surface area contributed by atoms with E-state index in [1.165, 1.54) is 0 Å². The molecule has 0 aliphatic heterocycles. The maximum absolute atomic E-state index is 11.9. The largest absolute Gasteiger partial charge is 0.299 e. The smallest absolute Gasteiger partial charge is 0.239 e. The number of Topliss-reactive ketones (excluding diaryl/α,β-unsaturated/α-hetero) is 1. The van der Waals surface area contributed by atoms with Crippen molar-refractivity contribution in [3.63, 3.8) is 0 Å². The average Bonchev–Trinajstić information content (AvgIpc) is 2.41. The summed E-state index contributed by atoms with van der Waals surface area (Å²) in [6.45, 7) is 5.48. The van der Waals surface area contributed by atoms with E-state index < -0.39 is 4.92 Å². The Morgan fingerprint density at radius 1 is 1.56 bits per heavy atom. The number of carbonyl (C=O) groups excluding carboxylic acids is 1. The van der Waals surface area contributed by atoms with Crippen LogP contribution in [0.5, 0.6) is 0 Å². The molecule has 0 aromatic carbocycles. The molecule has 16 heavy (non-hydrogen) atoms. The first-order chi connectivity index (χ1) is 7.56. The molecule has 4 nitrogen and oxygen atoms in total. The van der Waals surface area contributed by atoms with Gasteiger partial charge in [-0.15, -0.1) is 0 Å². The van der Waals surface area contributed by atoms with Gasteiger partial charge in [-0.25, -0.2) is 0 Å². The number of carbonyl (C=O) groups is 1. The van der Waals surface area contributed by atoms with Gasteiger partial charge in [0.1, 0.15) is 5.78 Å². The first-order valence-electron chi connectivity index (χ1n) is 5.91. The molecule has 0 spiro atoms. The molecule has 0 radical (unpaired) electrons. The fraction of sp³-hybridized carbons (Fsp3) is 0.750. The van der Waals surface area contributed by atoms with Crippen LogP contribution in [0.25, 0.3) is 0 Å². The Hall–Kier alpha value is -1.19. The lowest BCUT2D eigenvalue weighted by Crippen LogP contribution is -2.23. The second-order valence-electron chi connectivity index (χ2n) is 4.51. The summed E-state index contributed by atoms with van der Waals surface area (Å²) in [5.74, 6) is 0.310. The number of hydrogen-bond donors (Lipinski definition) is 0. The fourth-order valence-corrected chi connectivity index (χ4v) is 2.45. The SMILES string of the molecule is C=C(C[C@H]1C(=O)CCCC[C@@H]1CC)[N+](=O)[O-]. The quantitative estimate of drug-likeness (QED) is 0.420. The number of allylic oxidation sites excluding steroid dienone is 1. The minimum Gasteiger partial charge on any atom is -0.299 e. The van der Waals surface area contributed by atoms with Crippen molar-refractivity contribution in [1.82, 2.24) is 0 Å². The molecule has 2 atom stereocenters. The third kappa shape index (κ3) is 3.15. The zero-order chi connectivity index (χ0) is 12.1. The van der Waals surface area contributed by atoms with E-state index in [1.54, 1.807) is 0 Å². The van der Waals surface area contributed by atoms with Crippen LogP contribution in [0.4, 0.5) is 0 Å². The summed E-state index contributed by atoms with van der Waals surface area (Å²) < 4.78 is 0. The van der Waals surface area contributed by atoms with Gasteiger partial charge in [-0.2, -0.15) is 0 Å². The predicted octanol–water partition coefficient (Wildman–Crippen LogP) is 2.95. The third-order valence-electron chi connectivity index (χ3n) is 3.47. The summed E-state index contributed by atoms with van der Waals surface area (Å²) >= 11 is 0. The fourth-order valence-electron chi connectivity index (χ4n) is 2.45. The summed E-state index contributed by atoms with van der Waals surface area (Å²) in [4.78, 5) is 22.0. The van der Waals surface area contributed by atoms with E-state index in [4.69, 9.17) is 0 Å². The van der Waals surface area contributed by atoms with Crippen LogP contribution in [0.15, 0.2) is 12.3 Å². The zero-order valence-corrected chi connectivity index (χ0v) is 9.78. The van der Waals surface area contributed by atoms with Gasteiger partial charge in [0.2, 0.25) is 5.70 Å². The van der Waals surface area contributed by atoms with E-state index in [0.717, 1.165) is 25.7 Å². The minimum atomic E-state index is -0.467. The van der Waals surface area contributed by atoms with Crippen LogP contribution in [0, 0.1) is 22.0 Å². The molecule has 0 unspecified atom stereocenters. The summed E-state index contributed by atoms with van der Waals surface area (Å²) in [6.07, 6.45) is 4.72. The Morgan fingerprint density at radius 3 is 2.81 bits per heavy atom. The van der Waals surface area contributed by atoms with E-state index in [9.17, 15) is 14.9 Å². The normalized spacial score (nSPS) is 26.2. The summed E-state index contributed by atoms with van der Waals surface area (Å²) in [7, 11) is 0. The van der Waals surface area contributed by atoms with Gasteiger partial charge in [-0.05, 0) is 25.3 Å². The standard InChI is InChI=1S/C12H19NO3/c1-3-10-6-4-5-7-12(14)11(10)8-9(2)13(15)16/h10-11H,2-8H2,1H3/t10-,11+/m0/s1. The maximum atomic E-state index is 11.9. The lowest BCUT2D eigenvalue weighted by Gasteiger charge is -2.21. The van der Waals surface area contributed by atoms with Crippen molar-refractivity contribution >= 4 is 5.78 Å². The molecule has 0 N–H and O–H groups in total. The van der Waals surface area contributed by atoms with Crippen LogP contribution in [0.1, 0.15) is 45.4 Å². The maximum Gasteiger partial charge on any atom is 0.239 e. The van der Waals surface area contributed by atoms with Gasteiger partial charge in [0.25, 0.3) is 0 Å². The first kappa shape index (κ1) is 12.9. The molecule has 1 rings (SSSR count). The molecule has 0 amide bonds. The number of nitrogens with zero attached hydrogens (tertiary/aromatic N) is 1. The highest BCUT2D eigenvalue weighted by Gasteiger charge is 2.31. The zero-order valence-electron chi connectivity index (χ0n) is 9.78. The molecular formula is C12H19NO3. The molecule has 0 aromatic heterocycles. The van der Waals surface area contributed by atoms with Gasteiger partial charge in [-0.3, -0.25) is 14.9 Å². The monoisotopic (exact) mass is 225 g/mol. The highest BCUT2D eigenvalue weighted by atomic mass is 16.6. The molecule has 4 heteroatoms. The van der Waals surface area contributed by atoms with E-state index >= 15 is 0 Å². The lowest BCUT2D eigenvalue weighted by atomic mass is 9.82. The molecule has 0 aromatic rings. The first-order valence-corrected chi connectivity index (χ1v) is 5.91. The van der Waals surface area contributed by atoms with E-state index in [-0.39, 0.29) is 23.8 Å². The average molecular weight is 225 g/mol. The van der Waals surface area contributed by atoms with Gasteiger partial charge >= 0.3 is 0 Å². The van der Waals surface area contributed by atoms with E-state index in [1.807, 2.05) is 6.92 Å². The number of hydrogen-bond acceptors (Lipinski definition) is 3. The van der Waals surface area contributed by atoms with Crippen molar-refractivity contribution in [3.05, 3.63) is 22.4 Å². The van der Waals surface area contributed by atoms with Crippen molar-refractivity contribution in [1.29, 1.82) is 0 Å². The second kappa shape index (κ2) is 5.77. The Balaban J connectivity index is 2.73. The van der Waals surface area contributed by atoms with Gasteiger partial charge in [0, 0.05) is 18.8 Å². The molecular weight excluding hydrogens is 206 g/mol. The van der Waals surface area contributed by atoms with Crippen molar-refractivity contribution in [2.24, 2.45) is 11.8 Å². The summed E-state index contributed by atoms with van der Waals surface area (Å²) in [5, 5.41) is 10.6. The highest BCUT2D eigenvalue weighted by molar-refractivity contribution is 5.81. The van der Waals surface area contributed by atoms with Crippen LogP contribution in [0.2, 0.25) is 0 Å². The van der Waals surface area contributed by atoms with Crippen molar-refractivity contribution in [3.8, 4) is 0 Å². The molecule has 1 aliphatic rings. The van der Waals surface area contributed by atoms with Gasteiger partial charge in [0.05, 0.1) is 4.92 Å². The molecule has 1 fully saturated rings. The van der Waals surface area contributed by atoms with Crippen LogP contribution >= 0.6 is 0 Å². The Morgan fingerprint density at radius 2 is 2.25 bits per heavy atom. The Bertz CT molecular complexity index is 299. The summed E-state index contributed by atoms with van der Waals surface area (Å²) in [5.41, 5.74) is -0.0290. The molecule has 0 saturated heterocycles. The number of rotatable bonds is 4. The highest BCUT2D eigenvalue weighted by Crippen LogP contribution is 2.32. The Labute approximate surface area is 95.9 Å². The van der Waals surface area contributed by atoms with E-state index in [2.05, 4.69) is 6.58 Å². The second-order valence-corrected chi connectivity index (χ2v) is 4.51. The van der Waals surface area contributed by atoms with Crippen LogP contribution in [0.3, 0.4) is 0 Å². The molecule has 1 saturated carbocycles. The molecule has 0 bridgehead atoms. The molecule has 1 aliphatic carbocycles. The van der Waals surface area contributed by atoms with Gasteiger partial charge < -0.3 is 0 Å². The minimum absolute atomic E-state index is 0.0290. The van der Waals surface area contributed by atoms with Gasteiger partial charge in [0.15, 0.2) is 0 Å². The number of ketones is 1. The third-order valence-corrected chi connectivity index (χ3v) is 3.47. The van der Waals surface area contributed by atoms with Crippen LogP contribution in [-0.2, 0) is 4.79 Å². The molecule has 90 valence electrons. The predicted molar refractivity (Wildman–Crippen MR) is 61.5 cm³/mol.